The Kier molecular flexibility index (Phi) is 4.75. The minimum Gasteiger partial charge on any atom is -0.451 e. The highest BCUT2D eigenvalue weighted by Gasteiger charge is 2.20. The predicted molar refractivity (Wildman–Crippen MR) is 107 cm³/mol. The number of aromatic nitrogens is 1. The van der Waals surface area contributed by atoms with E-state index in [4.69, 9.17) is 9.15 Å². The minimum absolute atomic E-state index is 0.271. The van der Waals surface area contributed by atoms with E-state index in [1.54, 1.807) is 18.4 Å². The molecular weight excluding hydrogens is 360 g/mol. The molecular formula is C21H18N2O3S. The third-order valence-electron chi connectivity index (χ3n) is 4.23. The van der Waals surface area contributed by atoms with Crippen molar-refractivity contribution in [1.82, 2.24) is 4.98 Å². The number of aryl methyl sites for hydroxylation is 1. The lowest BCUT2D eigenvalue weighted by Crippen LogP contribution is -2.13. The molecule has 2 heterocycles. The summed E-state index contributed by atoms with van der Waals surface area (Å²) in [6.07, 6.45) is 0. The van der Waals surface area contributed by atoms with E-state index in [-0.39, 0.29) is 11.7 Å². The van der Waals surface area contributed by atoms with Crippen LogP contribution in [0.3, 0.4) is 0 Å². The van der Waals surface area contributed by atoms with E-state index in [0.29, 0.717) is 17.9 Å². The molecule has 6 heteroatoms. The van der Waals surface area contributed by atoms with Gasteiger partial charge in [0.1, 0.15) is 5.58 Å². The van der Waals surface area contributed by atoms with E-state index in [0.717, 1.165) is 27.2 Å². The number of hydrogen-bond donors (Lipinski definition) is 1. The van der Waals surface area contributed by atoms with E-state index < -0.39 is 0 Å². The van der Waals surface area contributed by atoms with Crippen LogP contribution < -0.4 is 5.32 Å². The number of thiazole rings is 1. The number of methoxy groups -OCH3 is 1. The van der Waals surface area contributed by atoms with Crippen molar-refractivity contribution in [2.24, 2.45) is 0 Å². The highest BCUT2D eigenvalue weighted by Crippen LogP contribution is 2.28. The number of benzene rings is 2. The predicted octanol–water partition coefficient (Wildman–Crippen LogP) is 5.26. The molecule has 0 aliphatic carbocycles. The summed E-state index contributed by atoms with van der Waals surface area (Å²) < 4.78 is 11.1. The number of carbonyl (C=O) groups is 1. The SMILES string of the molecule is COCc1c(C(=O)Nc2cccc(-c3csc(C)n3)c2)oc2ccccc12. The summed E-state index contributed by atoms with van der Waals surface area (Å²) in [5.74, 6) is -0.0298. The Morgan fingerprint density at radius 1 is 1.22 bits per heavy atom. The maximum Gasteiger partial charge on any atom is 0.291 e. The number of rotatable bonds is 5. The van der Waals surface area contributed by atoms with Gasteiger partial charge in [-0.05, 0) is 25.1 Å². The molecule has 0 atom stereocenters. The molecule has 0 unspecified atom stereocenters. The number of ether oxygens (including phenoxy) is 1. The Bertz CT molecular complexity index is 1110. The van der Waals surface area contributed by atoms with Crippen LogP contribution in [-0.4, -0.2) is 18.0 Å². The maximum absolute atomic E-state index is 12.9. The van der Waals surface area contributed by atoms with Crippen LogP contribution in [0.5, 0.6) is 0 Å². The van der Waals surface area contributed by atoms with Gasteiger partial charge in [0.25, 0.3) is 5.91 Å². The first kappa shape index (κ1) is 17.5. The van der Waals surface area contributed by atoms with Crippen molar-refractivity contribution in [1.29, 1.82) is 0 Å². The first-order valence-corrected chi connectivity index (χ1v) is 9.37. The van der Waals surface area contributed by atoms with E-state index in [1.807, 2.05) is 60.8 Å². The zero-order valence-corrected chi connectivity index (χ0v) is 15.8. The number of para-hydroxylation sites is 1. The van der Waals surface area contributed by atoms with Gasteiger partial charge in [-0.2, -0.15) is 0 Å². The Labute approximate surface area is 160 Å². The molecule has 4 aromatic rings. The number of fused-ring (bicyclic) bond motifs is 1. The van der Waals surface area contributed by atoms with Gasteiger partial charge >= 0.3 is 0 Å². The lowest BCUT2D eigenvalue weighted by atomic mass is 10.1. The summed E-state index contributed by atoms with van der Waals surface area (Å²) in [5.41, 5.74) is 3.96. The number of carbonyl (C=O) groups excluding carboxylic acids is 1. The van der Waals surface area contributed by atoms with Crippen molar-refractivity contribution in [3.63, 3.8) is 0 Å². The van der Waals surface area contributed by atoms with Crippen LogP contribution in [0.1, 0.15) is 21.1 Å². The molecule has 0 saturated heterocycles. The molecule has 0 bridgehead atoms. The third kappa shape index (κ3) is 3.49. The van der Waals surface area contributed by atoms with Gasteiger partial charge in [-0.3, -0.25) is 4.79 Å². The van der Waals surface area contributed by atoms with Gasteiger partial charge in [-0.15, -0.1) is 11.3 Å². The average Bonchev–Trinajstić information content (AvgIpc) is 3.27. The van der Waals surface area contributed by atoms with Gasteiger partial charge in [0.15, 0.2) is 5.76 Å². The smallest absolute Gasteiger partial charge is 0.291 e. The first-order chi connectivity index (χ1) is 13.2. The Morgan fingerprint density at radius 2 is 2.07 bits per heavy atom. The maximum atomic E-state index is 12.9. The highest BCUT2D eigenvalue weighted by atomic mass is 32.1. The summed E-state index contributed by atoms with van der Waals surface area (Å²) >= 11 is 1.60. The van der Waals surface area contributed by atoms with Gasteiger partial charge in [0, 0.05) is 34.7 Å². The molecule has 0 spiro atoms. The van der Waals surface area contributed by atoms with Crippen LogP contribution in [-0.2, 0) is 11.3 Å². The van der Waals surface area contributed by atoms with Crippen LogP contribution in [0.2, 0.25) is 0 Å². The average molecular weight is 378 g/mol. The monoisotopic (exact) mass is 378 g/mol. The minimum atomic E-state index is -0.301. The van der Waals surface area contributed by atoms with Crippen LogP contribution in [0, 0.1) is 6.92 Å². The Morgan fingerprint density at radius 3 is 2.85 bits per heavy atom. The molecule has 5 nitrogen and oxygen atoms in total. The van der Waals surface area contributed by atoms with Gasteiger partial charge < -0.3 is 14.5 Å². The van der Waals surface area contributed by atoms with Crippen molar-refractivity contribution in [3.05, 3.63) is 70.2 Å². The molecule has 4 rings (SSSR count). The Balaban J connectivity index is 1.65. The fourth-order valence-corrected chi connectivity index (χ4v) is 3.63. The van der Waals surface area contributed by atoms with Gasteiger partial charge in [0.05, 0.1) is 17.3 Å². The zero-order chi connectivity index (χ0) is 18.8. The summed E-state index contributed by atoms with van der Waals surface area (Å²) in [7, 11) is 1.60. The fraction of sp³-hybridized carbons (Fsp3) is 0.143. The molecule has 2 aromatic heterocycles. The zero-order valence-electron chi connectivity index (χ0n) is 15.0. The largest absolute Gasteiger partial charge is 0.451 e. The van der Waals surface area contributed by atoms with Crippen molar-refractivity contribution in [2.45, 2.75) is 13.5 Å². The molecule has 0 saturated carbocycles. The second-order valence-electron chi connectivity index (χ2n) is 6.13. The first-order valence-electron chi connectivity index (χ1n) is 8.49. The van der Waals surface area contributed by atoms with Crippen LogP contribution in [0.25, 0.3) is 22.2 Å². The van der Waals surface area contributed by atoms with Crippen molar-refractivity contribution >= 4 is 33.9 Å². The quantitative estimate of drug-likeness (QED) is 0.514. The number of nitrogens with one attached hydrogen (secondary N) is 1. The van der Waals surface area contributed by atoms with Crippen molar-refractivity contribution in [2.75, 3.05) is 12.4 Å². The summed E-state index contributed by atoms with van der Waals surface area (Å²) in [6.45, 7) is 2.27. The van der Waals surface area contributed by atoms with E-state index >= 15 is 0 Å². The number of amides is 1. The summed E-state index contributed by atoms with van der Waals surface area (Å²) in [5, 5.41) is 6.82. The molecule has 0 aliphatic rings. The molecule has 2 aromatic carbocycles. The molecule has 0 aliphatic heterocycles. The normalized spacial score (nSPS) is 11.0. The number of nitrogens with zero attached hydrogens (tertiary/aromatic N) is 1. The molecule has 1 amide bonds. The number of anilines is 1. The van der Waals surface area contributed by atoms with Crippen LogP contribution in [0.4, 0.5) is 5.69 Å². The number of hydrogen-bond acceptors (Lipinski definition) is 5. The lowest BCUT2D eigenvalue weighted by molar-refractivity contribution is 0.0992. The van der Waals surface area contributed by atoms with E-state index in [1.165, 1.54) is 0 Å². The highest BCUT2D eigenvalue weighted by molar-refractivity contribution is 7.09. The standard InChI is InChI=1S/C21H18N2O3S/c1-13-22-18(12-27-13)14-6-5-7-15(10-14)23-21(24)20-17(11-25-2)16-8-3-4-9-19(16)26-20/h3-10,12H,11H2,1-2H3,(H,23,24). The topological polar surface area (TPSA) is 64.4 Å². The second-order valence-corrected chi connectivity index (χ2v) is 7.19. The van der Waals surface area contributed by atoms with E-state index in [2.05, 4.69) is 10.3 Å². The van der Waals surface area contributed by atoms with Gasteiger partial charge in [-0.25, -0.2) is 4.98 Å². The van der Waals surface area contributed by atoms with Crippen LogP contribution >= 0.6 is 11.3 Å². The molecule has 1 N–H and O–H groups in total. The van der Waals surface area contributed by atoms with Crippen LogP contribution in [0.15, 0.2) is 58.3 Å². The van der Waals surface area contributed by atoms with Crippen molar-refractivity contribution in [3.8, 4) is 11.3 Å². The van der Waals surface area contributed by atoms with Gasteiger partial charge in [-0.1, -0.05) is 30.3 Å². The lowest BCUT2D eigenvalue weighted by Gasteiger charge is -2.07. The van der Waals surface area contributed by atoms with E-state index in [9.17, 15) is 4.79 Å². The third-order valence-corrected chi connectivity index (χ3v) is 5.00. The molecule has 0 radical (unpaired) electrons. The molecule has 136 valence electrons. The fourth-order valence-electron chi connectivity index (χ4n) is 3.01. The van der Waals surface area contributed by atoms with Gasteiger partial charge in [0.2, 0.25) is 0 Å². The molecule has 27 heavy (non-hydrogen) atoms. The summed E-state index contributed by atoms with van der Waals surface area (Å²) in [6, 6.07) is 15.2. The number of furan rings is 1. The molecule has 0 fully saturated rings. The van der Waals surface area contributed by atoms with Crippen molar-refractivity contribution < 1.29 is 13.9 Å². The second kappa shape index (κ2) is 7.34. The summed E-state index contributed by atoms with van der Waals surface area (Å²) in [4.78, 5) is 17.4. The Hall–Kier alpha value is -2.96.